The first kappa shape index (κ1) is 22.7. The second-order valence-corrected chi connectivity index (χ2v) is 7.86. The molecule has 2 aromatic carbocycles. The monoisotopic (exact) mass is 459 g/mol. The first-order chi connectivity index (χ1) is 16.3. The molecule has 4 rings (SSSR count). The molecule has 9 heteroatoms. The normalized spacial score (nSPS) is 17.1. The van der Waals surface area contributed by atoms with Gasteiger partial charge in [0.15, 0.2) is 12.4 Å². The number of pyridine rings is 1. The molecule has 0 saturated carbocycles. The molecule has 3 aromatic rings. The van der Waals surface area contributed by atoms with Gasteiger partial charge in [-0.3, -0.25) is 19.7 Å². The number of hydrogen-bond acceptors (Lipinski definition) is 6. The minimum Gasteiger partial charge on any atom is -0.872 e. The maximum atomic E-state index is 13.5. The van der Waals surface area contributed by atoms with Crippen LogP contribution in [0.2, 0.25) is 0 Å². The summed E-state index contributed by atoms with van der Waals surface area (Å²) in [4.78, 5) is 41.2. The van der Waals surface area contributed by atoms with E-state index in [2.05, 4.69) is 4.98 Å². The third kappa shape index (κ3) is 4.11. The van der Waals surface area contributed by atoms with Crippen molar-refractivity contribution in [2.24, 2.45) is 0 Å². The van der Waals surface area contributed by atoms with Gasteiger partial charge in [0.25, 0.3) is 11.6 Å². The summed E-state index contributed by atoms with van der Waals surface area (Å²) in [5.41, 5.74) is 1.48. The van der Waals surface area contributed by atoms with Crippen LogP contribution in [0.1, 0.15) is 28.3 Å². The van der Waals surface area contributed by atoms with Gasteiger partial charge in [0.1, 0.15) is 5.75 Å². The third-order valence-corrected chi connectivity index (χ3v) is 5.71. The summed E-state index contributed by atoms with van der Waals surface area (Å²) in [5, 5.41) is 24.9. The van der Waals surface area contributed by atoms with Crippen LogP contribution < -0.4 is 14.8 Å². The van der Waals surface area contributed by atoms with E-state index in [1.807, 2.05) is 0 Å². The number of nitro benzene ring substituents is 1. The van der Waals surface area contributed by atoms with E-state index in [9.17, 15) is 24.8 Å². The Balaban J connectivity index is 1.89. The van der Waals surface area contributed by atoms with E-state index in [1.165, 1.54) is 36.3 Å². The molecular formula is C25H21N3O6. The van der Waals surface area contributed by atoms with Crippen LogP contribution in [0.25, 0.3) is 5.76 Å². The molecule has 1 unspecified atom stereocenters. The Morgan fingerprint density at radius 2 is 1.94 bits per heavy atom. The largest absolute Gasteiger partial charge is 0.872 e. The number of H-pyrrole nitrogens is 1. The number of aryl methyl sites for hydroxylation is 1. The number of rotatable bonds is 6. The Morgan fingerprint density at radius 3 is 2.59 bits per heavy atom. The van der Waals surface area contributed by atoms with Gasteiger partial charge in [0.2, 0.25) is 5.78 Å². The van der Waals surface area contributed by atoms with Crippen LogP contribution >= 0.6 is 0 Å². The molecule has 34 heavy (non-hydrogen) atoms. The van der Waals surface area contributed by atoms with E-state index >= 15 is 0 Å². The summed E-state index contributed by atoms with van der Waals surface area (Å²) >= 11 is 0. The van der Waals surface area contributed by atoms with E-state index in [1.54, 1.807) is 49.6 Å². The summed E-state index contributed by atoms with van der Waals surface area (Å²) in [6.45, 7) is 1.80. The van der Waals surface area contributed by atoms with Crippen LogP contribution in [0.3, 0.4) is 0 Å². The van der Waals surface area contributed by atoms with Gasteiger partial charge in [-0.25, -0.2) is 4.98 Å². The molecule has 1 N–H and O–H groups in total. The number of carbonyl (C=O) groups is 2. The number of aromatic amines is 1. The molecule has 2 heterocycles. The molecule has 0 radical (unpaired) electrons. The van der Waals surface area contributed by atoms with E-state index in [0.717, 1.165) is 0 Å². The molecule has 1 aliphatic heterocycles. The molecule has 1 amide bonds. The Morgan fingerprint density at radius 1 is 1.15 bits per heavy atom. The highest BCUT2D eigenvalue weighted by Gasteiger charge is 2.44. The van der Waals surface area contributed by atoms with Gasteiger partial charge in [-0.05, 0) is 41.8 Å². The van der Waals surface area contributed by atoms with Crippen molar-refractivity contribution in [1.82, 2.24) is 4.90 Å². The fourth-order valence-electron chi connectivity index (χ4n) is 4.09. The van der Waals surface area contributed by atoms with Crippen LogP contribution in [0.5, 0.6) is 5.75 Å². The van der Waals surface area contributed by atoms with Crippen molar-refractivity contribution in [3.63, 3.8) is 0 Å². The molecule has 1 atom stereocenters. The number of non-ortho nitro benzene ring substituents is 1. The third-order valence-electron chi connectivity index (χ3n) is 5.71. The number of nitrogens with one attached hydrogen (secondary N) is 1. The number of nitrogens with zero attached hydrogens (tertiary/aromatic N) is 2. The Hall–Kier alpha value is -4.53. The van der Waals surface area contributed by atoms with Crippen molar-refractivity contribution < 1.29 is 29.3 Å². The molecule has 9 nitrogen and oxygen atoms in total. The van der Waals surface area contributed by atoms with Crippen LogP contribution in [-0.2, 0) is 16.1 Å². The molecule has 1 aliphatic rings. The number of Topliss-reactive ketones (excluding diaryl/α,β-unsaturated/α-hetero) is 1. The fourth-order valence-corrected chi connectivity index (χ4v) is 4.09. The van der Waals surface area contributed by atoms with Crippen molar-refractivity contribution in [2.45, 2.75) is 19.5 Å². The van der Waals surface area contributed by atoms with Crippen molar-refractivity contribution in [3.05, 3.63) is 105 Å². The van der Waals surface area contributed by atoms with Gasteiger partial charge >= 0.3 is 0 Å². The summed E-state index contributed by atoms with van der Waals surface area (Å²) in [5.74, 6) is -1.79. The van der Waals surface area contributed by atoms with Crippen LogP contribution in [0.15, 0.2) is 72.6 Å². The number of ketones is 1. The number of nitro groups is 1. The lowest BCUT2D eigenvalue weighted by Gasteiger charge is -2.27. The van der Waals surface area contributed by atoms with E-state index in [4.69, 9.17) is 4.74 Å². The lowest BCUT2D eigenvalue weighted by Crippen LogP contribution is -2.29. The van der Waals surface area contributed by atoms with Crippen LogP contribution in [0.4, 0.5) is 5.69 Å². The smallest absolute Gasteiger partial charge is 0.295 e. The van der Waals surface area contributed by atoms with Crippen molar-refractivity contribution in [3.8, 4) is 5.75 Å². The average Bonchev–Trinajstić information content (AvgIpc) is 3.09. The van der Waals surface area contributed by atoms with Gasteiger partial charge in [-0.15, -0.1) is 0 Å². The molecule has 0 spiro atoms. The number of benzene rings is 2. The summed E-state index contributed by atoms with van der Waals surface area (Å²) in [7, 11) is 1.51. The lowest BCUT2D eigenvalue weighted by atomic mass is 9.94. The second-order valence-electron chi connectivity index (χ2n) is 7.86. The van der Waals surface area contributed by atoms with Crippen molar-refractivity contribution >= 4 is 23.1 Å². The summed E-state index contributed by atoms with van der Waals surface area (Å²) in [6, 6.07) is 12.8. The van der Waals surface area contributed by atoms with Gasteiger partial charge in [0, 0.05) is 29.3 Å². The average molecular weight is 459 g/mol. The second kappa shape index (κ2) is 9.14. The predicted molar refractivity (Wildman–Crippen MR) is 119 cm³/mol. The van der Waals surface area contributed by atoms with Gasteiger partial charge in [0.05, 0.1) is 24.6 Å². The summed E-state index contributed by atoms with van der Waals surface area (Å²) in [6.07, 6.45) is 3.38. The first-order valence-corrected chi connectivity index (χ1v) is 10.4. The van der Waals surface area contributed by atoms with Crippen molar-refractivity contribution in [2.75, 3.05) is 7.11 Å². The van der Waals surface area contributed by atoms with Crippen LogP contribution in [0, 0.1) is 17.0 Å². The number of ether oxygens (including phenoxy) is 1. The van der Waals surface area contributed by atoms with E-state index in [-0.39, 0.29) is 23.4 Å². The minimum atomic E-state index is -1.07. The zero-order chi connectivity index (χ0) is 24.4. The zero-order valence-corrected chi connectivity index (χ0v) is 18.5. The Bertz CT molecular complexity index is 1320. The molecule has 1 aromatic heterocycles. The Kier molecular flexibility index (Phi) is 6.09. The highest BCUT2D eigenvalue weighted by atomic mass is 16.6. The first-order valence-electron chi connectivity index (χ1n) is 10.4. The highest BCUT2D eigenvalue weighted by Crippen LogP contribution is 2.40. The molecule has 1 fully saturated rings. The Labute approximate surface area is 195 Å². The quantitative estimate of drug-likeness (QED) is 0.183. The van der Waals surface area contributed by atoms with E-state index in [0.29, 0.717) is 22.4 Å². The molecule has 0 bridgehead atoms. The number of hydrogen-bond donors (Lipinski definition) is 0. The van der Waals surface area contributed by atoms with Crippen molar-refractivity contribution in [1.29, 1.82) is 0 Å². The standard InChI is InChI=1S/C25H21N3O6/c1-15-11-18(8-9-20(15)34-2)23(29)21-22(17-6-3-7-19(12-17)28(32)33)27(25(31)24(21)30)14-16-5-4-10-26-13-16/h3-13,22,29H,14H2,1-2H3/b23-21+. The predicted octanol–water partition coefficient (Wildman–Crippen LogP) is 2.15. The number of likely N-dealkylation sites (tertiary alicyclic amines) is 1. The van der Waals surface area contributed by atoms with Gasteiger partial charge in [-0.2, -0.15) is 0 Å². The molecular weight excluding hydrogens is 438 g/mol. The SMILES string of the molecule is COc1ccc(/C([O-])=C2\C(=O)C(=O)N(Cc3ccc[nH+]c3)C2c2cccc([N+](=O)[O-])c2)cc1C. The molecule has 0 aliphatic carbocycles. The van der Waals surface area contributed by atoms with Crippen LogP contribution in [-0.4, -0.2) is 28.6 Å². The summed E-state index contributed by atoms with van der Waals surface area (Å²) < 4.78 is 5.24. The number of aromatic nitrogens is 1. The minimum absolute atomic E-state index is 0.0354. The molecule has 172 valence electrons. The lowest BCUT2D eigenvalue weighted by molar-refractivity contribution is -0.385. The van der Waals surface area contributed by atoms with Gasteiger partial charge < -0.3 is 14.7 Å². The number of methoxy groups -OCH3 is 1. The number of amides is 1. The zero-order valence-electron chi connectivity index (χ0n) is 18.5. The highest BCUT2D eigenvalue weighted by molar-refractivity contribution is 6.46. The maximum absolute atomic E-state index is 13.5. The number of carbonyl (C=O) groups excluding carboxylic acids is 2. The van der Waals surface area contributed by atoms with Gasteiger partial charge in [-0.1, -0.05) is 24.0 Å². The van der Waals surface area contributed by atoms with E-state index < -0.39 is 28.4 Å². The molecule has 1 saturated heterocycles. The fraction of sp³-hybridized carbons (Fsp3) is 0.160. The topological polar surface area (TPSA) is 127 Å². The maximum Gasteiger partial charge on any atom is 0.295 e.